The Labute approximate surface area is 60.1 Å². The van der Waals surface area contributed by atoms with Gasteiger partial charge in [-0.3, -0.25) is 0 Å². The van der Waals surface area contributed by atoms with Crippen molar-refractivity contribution in [3.05, 3.63) is 0 Å². The molecule has 0 atom stereocenters. The fraction of sp³-hybridized carbons (Fsp3) is 1.00. The Kier molecular flexibility index (Phi) is 3.31. The van der Waals surface area contributed by atoms with Crippen molar-refractivity contribution in [1.82, 2.24) is 0 Å². The van der Waals surface area contributed by atoms with E-state index in [2.05, 4.69) is 34.5 Å². The van der Waals surface area contributed by atoms with E-state index in [1.165, 1.54) is 12.6 Å². The van der Waals surface area contributed by atoms with Crippen molar-refractivity contribution in [2.24, 2.45) is 5.41 Å². The van der Waals surface area contributed by atoms with Gasteiger partial charge in [-0.2, -0.15) is 0 Å². The second-order valence-electron chi connectivity index (χ2n) is 4.28. The summed E-state index contributed by atoms with van der Waals surface area (Å²) in [5, 5.41) is 0. The van der Waals surface area contributed by atoms with Crippen LogP contribution in [0.3, 0.4) is 0 Å². The number of hydrogen-bond acceptors (Lipinski definition) is 0. The van der Waals surface area contributed by atoms with Gasteiger partial charge in [0.15, 0.2) is 0 Å². The van der Waals surface area contributed by atoms with Crippen molar-refractivity contribution in [3.8, 4) is 0 Å². The first-order chi connectivity index (χ1) is 3.95. The maximum absolute atomic E-state index is 2.32. The van der Waals surface area contributed by atoms with Gasteiger partial charge in [-0.15, -0.1) is 0 Å². The quantitative estimate of drug-likeness (QED) is 0.498. The Hall–Kier alpha value is 0.0649. The van der Waals surface area contributed by atoms with E-state index in [1.54, 1.807) is 0 Å². The Morgan fingerprint density at radius 3 is 1.78 bits per heavy atom. The summed E-state index contributed by atoms with van der Waals surface area (Å²) >= 11 is 0. The summed E-state index contributed by atoms with van der Waals surface area (Å²) in [7, 11) is 0. The van der Waals surface area contributed by atoms with Crippen molar-refractivity contribution in [2.45, 2.75) is 47.2 Å². The summed E-state index contributed by atoms with van der Waals surface area (Å²) in [4.78, 5) is 0. The van der Waals surface area contributed by atoms with Crippen molar-refractivity contribution < 1.29 is 0 Å². The molecule has 0 radical (unpaired) electrons. The van der Waals surface area contributed by atoms with Gasteiger partial charge in [0, 0.05) is 0 Å². The SMILES string of the molecule is CCB(C)CC(C)(C)C. The van der Waals surface area contributed by atoms with Crippen LogP contribution in [-0.4, -0.2) is 6.71 Å². The molecule has 0 saturated carbocycles. The van der Waals surface area contributed by atoms with Gasteiger partial charge in [-0.25, -0.2) is 0 Å². The first-order valence-electron chi connectivity index (χ1n) is 3.95. The maximum atomic E-state index is 2.32. The van der Waals surface area contributed by atoms with E-state index < -0.39 is 0 Å². The monoisotopic (exact) mass is 126 g/mol. The predicted molar refractivity (Wildman–Crippen MR) is 46.4 cm³/mol. The molecule has 0 aliphatic carbocycles. The van der Waals surface area contributed by atoms with Crippen molar-refractivity contribution >= 4 is 6.71 Å². The number of hydrogen-bond donors (Lipinski definition) is 0. The second-order valence-corrected chi connectivity index (χ2v) is 4.28. The van der Waals surface area contributed by atoms with E-state index in [1.807, 2.05) is 0 Å². The van der Waals surface area contributed by atoms with E-state index in [0.29, 0.717) is 5.41 Å². The molecule has 0 aliphatic heterocycles. The van der Waals surface area contributed by atoms with Crippen LogP contribution < -0.4 is 0 Å². The molecule has 0 aromatic rings. The van der Waals surface area contributed by atoms with Crippen LogP contribution in [0.1, 0.15) is 27.7 Å². The average molecular weight is 126 g/mol. The fourth-order valence-corrected chi connectivity index (χ4v) is 1.19. The standard InChI is InChI=1S/C8H19B/c1-6-9(5)7-8(2,3)4/h6-7H2,1-5H3. The minimum atomic E-state index is 0.523. The molecule has 0 unspecified atom stereocenters. The Balaban J connectivity index is 3.47. The van der Waals surface area contributed by atoms with Crippen LogP contribution in [0.15, 0.2) is 0 Å². The van der Waals surface area contributed by atoms with Gasteiger partial charge in [-0.05, 0) is 5.41 Å². The molecule has 0 heterocycles. The normalized spacial score (nSPS) is 11.7. The van der Waals surface area contributed by atoms with Gasteiger partial charge in [0.2, 0.25) is 0 Å². The molecular formula is C8H19B. The number of rotatable bonds is 2. The highest BCUT2D eigenvalue weighted by Crippen LogP contribution is 2.22. The zero-order valence-electron chi connectivity index (χ0n) is 7.49. The van der Waals surface area contributed by atoms with Gasteiger partial charge in [-0.1, -0.05) is 47.2 Å². The van der Waals surface area contributed by atoms with E-state index in [9.17, 15) is 0 Å². The molecule has 0 saturated heterocycles. The van der Waals surface area contributed by atoms with Crippen LogP contribution in [0, 0.1) is 5.41 Å². The molecule has 0 aromatic heterocycles. The lowest BCUT2D eigenvalue weighted by Crippen LogP contribution is -2.15. The van der Waals surface area contributed by atoms with Gasteiger partial charge in [0.1, 0.15) is 6.71 Å². The summed E-state index contributed by atoms with van der Waals surface area (Å²) in [6.45, 7) is 12.4. The zero-order valence-corrected chi connectivity index (χ0v) is 7.49. The molecule has 0 aromatic carbocycles. The Morgan fingerprint density at radius 2 is 1.67 bits per heavy atom. The molecule has 0 spiro atoms. The predicted octanol–water partition coefficient (Wildman–Crippen LogP) is 3.18. The second kappa shape index (κ2) is 3.29. The summed E-state index contributed by atoms with van der Waals surface area (Å²) in [5.74, 6) is 0. The van der Waals surface area contributed by atoms with E-state index in [4.69, 9.17) is 0 Å². The fourth-order valence-electron chi connectivity index (χ4n) is 1.19. The molecule has 54 valence electrons. The largest absolute Gasteiger partial charge is 0.136 e. The van der Waals surface area contributed by atoms with Crippen LogP contribution >= 0.6 is 0 Å². The molecule has 0 nitrogen and oxygen atoms in total. The topological polar surface area (TPSA) is 0 Å². The third kappa shape index (κ3) is 5.94. The summed E-state index contributed by atoms with van der Waals surface area (Å²) in [5.41, 5.74) is 0.523. The molecular weight excluding hydrogens is 107 g/mol. The van der Waals surface area contributed by atoms with E-state index in [-0.39, 0.29) is 0 Å². The lowest BCUT2D eigenvalue weighted by Gasteiger charge is -2.20. The molecule has 0 aliphatic rings. The van der Waals surface area contributed by atoms with Crippen LogP contribution in [0.2, 0.25) is 19.5 Å². The molecule has 9 heavy (non-hydrogen) atoms. The van der Waals surface area contributed by atoms with Crippen LogP contribution in [0.4, 0.5) is 0 Å². The van der Waals surface area contributed by atoms with Gasteiger partial charge in [0.05, 0.1) is 0 Å². The van der Waals surface area contributed by atoms with Crippen molar-refractivity contribution in [1.29, 1.82) is 0 Å². The molecule has 0 fully saturated rings. The lowest BCUT2D eigenvalue weighted by atomic mass is 9.43. The maximum Gasteiger partial charge on any atom is 0.136 e. The Morgan fingerprint density at radius 1 is 1.22 bits per heavy atom. The highest BCUT2D eigenvalue weighted by molar-refractivity contribution is 6.57. The molecule has 0 N–H and O–H groups in total. The van der Waals surface area contributed by atoms with Gasteiger partial charge >= 0.3 is 0 Å². The minimum Gasteiger partial charge on any atom is -0.0861 e. The Bertz CT molecular complexity index is 71.1. The highest BCUT2D eigenvalue weighted by atomic mass is 14.1. The van der Waals surface area contributed by atoms with Crippen LogP contribution in [0.5, 0.6) is 0 Å². The summed E-state index contributed by atoms with van der Waals surface area (Å²) in [6.07, 6.45) is 2.67. The lowest BCUT2D eigenvalue weighted by molar-refractivity contribution is 0.464. The molecule has 0 bridgehead atoms. The average Bonchev–Trinajstić information content (AvgIpc) is 1.62. The van der Waals surface area contributed by atoms with E-state index in [0.717, 1.165) is 6.71 Å². The van der Waals surface area contributed by atoms with Gasteiger partial charge < -0.3 is 0 Å². The first kappa shape index (κ1) is 9.06. The van der Waals surface area contributed by atoms with E-state index >= 15 is 0 Å². The zero-order chi connectivity index (χ0) is 7.49. The third-order valence-electron chi connectivity index (χ3n) is 1.66. The third-order valence-corrected chi connectivity index (χ3v) is 1.66. The summed E-state index contributed by atoms with van der Waals surface area (Å²) < 4.78 is 0. The summed E-state index contributed by atoms with van der Waals surface area (Å²) in [6, 6.07) is 0. The van der Waals surface area contributed by atoms with Crippen molar-refractivity contribution in [3.63, 3.8) is 0 Å². The first-order valence-corrected chi connectivity index (χ1v) is 3.95. The molecule has 0 rings (SSSR count). The highest BCUT2D eigenvalue weighted by Gasteiger charge is 2.15. The van der Waals surface area contributed by atoms with Crippen molar-refractivity contribution in [2.75, 3.05) is 0 Å². The minimum absolute atomic E-state index is 0.523. The molecule has 1 heteroatoms. The van der Waals surface area contributed by atoms with Crippen LogP contribution in [0.25, 0.3) is 0 Å². The smallest absolute Gasteiger partial charge is 0.0861 e. The van der Waals surface area contributed by atoms with Crippen LogP contribution in [-0.2, 0) is 0 Å². The van der Waals surface area contributed by atoms with Gasteiger partial charge in [0.25, 0.3) is 0 Å². The molecule has 0 amide bonds.